The number of halogens is 6. The molecule has 0 saturated carbocycles. The second-order valence-electron chi connectivity index (χ2n) is 2.90. The number of nitro benzene ring substituents is 1. The number of nitro groups is 1. The lowest BCUT2D eigenvalue weighted by Gasteiger charge is -2.14. The second-order valence-corrected chi connectivity index (χ2v) is 3.31. The summed E-state index contributed by atoms with van der Waals surface area (Å²) in [5.41, 5.74) is -3.05. The zero-order chi connectivity index (χ0) is 14.1. The average Bonchev–Trinajstić information content (AvgIpc) is 2.13. The summed E-state index contributed by atoms with van der Waals surface area (Å²) < 4.78 is 65.3. The Kier molecular flexibility index (Phi) is 3.95. The fourth-order valence-corrected chi connectivity index (χ4v) is 1.42. The smallest absolute Gasteiger partial charge is 0.421 e. The van der Waals surface area contributed by atoms with E-state index in [2.05, 4.69) is 4.74 Å². The SMILES string of the molecule is O=[N+]([O-])c1ccc(Cl)c(C(F)(F)F)c1OC(F)F. The summed E-state index contributed by atoms with van der Waals surface area (Å²) >= 11 is 5.21. The van der Waals surface area contributed by atoms with Gasteiger partial charge in [-0.1, -0.05) is 11.6 Å². The summed E-state index contributed by atoms with van der Waals surface area (Å²) in [5, 5.41) is 9.50. The van der Waals surface area contributed by atoms with E-state index in [1.165, 1.54) is 0 Å². The van der Waals surface area contributed by atoms with E-state index in [0.717, 1.165) is 0 Å². The monoisotopic (exact) mass is 291 g/mol. The van der Waals surface area contributed by atoms with Gasteiger partial charge in [0, 0.05) is 6.07 Å². The van der Waals surface area contributed by atoms with E-state index >= 15 is 0 Å². The minimum Gasteiger partial charge on any atom is -0.427 e. The van der Waals surface area contributed by atoms with Crippen LogP contribution in [0.2, 0.25) is 5.02 Å². The maximum atomic E-state index is 12.6. The highest BCUT2D eigenvalue weighted by molar-refractivity contribution is 6.31. The first-order valence-corrected chi connectivity index (χ1v) is 4.51. The molecule has 10 heteroatoms. The van der Waals surface area contributed by atoms with Crippen molar-refractivity contribution in [3.63, 3.8) is 0 Å². The molecular formula is C8H3ClF5NO3. The third kappa shape index (κ3) is 2.97. The molecule has 100 valence electrons. The first kappa shape index (κ1) is 14.4. The summed E-state index contributed by atoms with van der Waals surface area (Å²) in [6.07, 6.45) is -5.16. The number of benzene rings is 1. The molecule has 0 bridgehead atoms. The van der Waals surface area contributed by atoms with Crippen molar-refractivity contribution in [2.24, 2.45) is 0 Å². The Bertz CT molecular complexity index is 477. The maximum absolute atomic E-state index is 12.6. The standard InChI is InChI=1S/C8H3ClF5NO3/c9-3-1-2-4(15(16)17)6(18-7(10)11)5(3)8(12,13)14/h1-2,7H. The van der Waals surface area contributed by atoms with Gasteiger partial charge >= 0.3 is 18.5 Å². The Hall–Kier alpha value is -1.64. The Labute approximate surface area is 101 Å². The molecular weight excluding hydrogens is 289 g/mol. The summed E-state index contributed by atoms with van der Waals surface area (Å²) in [6.45, 7) is -3.65. The fraction of sp³-hybridized carbons (Fsp3) is 0.250. The molecule has 0 atom stereocenters. The Morgan fingerprint density at radius 3 is 2.28 bits per heavy atom. The molecule has 0 heterocycles. The van der Waals surface area contributed by atoms with E-state index in [-0.39, 0.29) is 0 Å². The molecule has 1 aromatic rings. The number of rotatable bonds is 3. The van der Waals surface area contributed by atoms with Crippen molar-refractivity contribution < 1.29 is 31.6 Å². The predicted molar refractivity (Wildman–Crippen MR) is 49.7 cm³/mol. The van der Waals surface area contributed by atoms with Crippen LogP contribution in [-0.4, -0.2) is 11.5 Å². The van der Waals surface area contributed by atoms with Gasteiger partial charge in [-0.25, -0.2) is 0 Å². The molecule has 0 aliphatic carbocycles. The molecule has 0 fully saturated rings. The van der Waals surface area contributed by atoms with Crippen molar-refractivity contribution in [3.05, 3.63) is 32.8 Å². The zero-order valence-corrected chi connectivity index (χ0v) is 8.93. The van der Waals surface area contributed by atoms with Gasteiger partial charge < -0.3 is 4.74 Å². The lowest BCUT2D eigenvalue weighted by molar-refractivity contribution is -0.386. The number of nitrogens with zero attached hydrogens (tertiary/aromatic N) is 1. The van der Waals surface area contributed by atoms with Crippen LogP contribution in [0, 0.1) is 10.1 Å². The molecule has 0 aromatic heterocycles. The third-order valence-corrected chi connectivity index (χ3v) is 2.09. The van der Waals surface area contributed by atoms with E-state index < -0.39 is 39.7 Å². The van der Waals surface area contributed by atoms with Gasteiger partial charge in [0.25, 0.3) is 0 Å². The van der Waals surface area contributed by atoms with Gasteiger partial charge in [0.1, 0.15) is 5.56 Å². The van der Waals surface area contributed by atoms with Gasteiger partial charge in [-0.15, -0.1) is 0 Å². The van der Waals surface area contributed by atoms with Crippen molar-refractivity contribution >= 4 is 17.3 Å². The summed E-state index contributed by atoms with van der Waals surface area (Å²) in [7, 11) is 0. The first-order chi connectivity index (χ1) is 8.14. The van der Waals surface area contributed by atoms with Gasteiger partial charge in [-0.05, 0) is 6.07 Å². The first-order valence-electron chi connectivity index (χ1n) is 4.13. The summed E-state index contributed by atoms with van der Waals surface area (Å²) in [5.74, 6) is -1.60. The van der Waals surface area contributed by atoms with Crippen molar-refractivity contribution in [3.8, 4) is 5.75 Å². The van der Waals surface area contributed by atoms with E-state index in [9.17, 15) is 32.1 Å². The minimum absolute atomic E-state index is 0.551. The van der Waals surface area contributed by atoms with Crippen LogP contribution in [0.1, 0.15) is 5.56 Å². The molecule has 18 heavy (non-hydrogen) atoms. The van der Waals surface area contributed by atoms with Crippen LogP contribution in [0.5, 0.6) is 5.75 Å². The van der Waals surface area contributed by atoms with Crippen molar-refractivity contribution in [1.82, 2.24) is 0 Å². The average molecular weight is 292 g/mol. The van der Waals surface area contributed by atoms with E-state index in [1.807, 2.05) is 0 Å². The highest BCUT2D eigenvalue weighted by Gasteiger charge is 2.41. The van der Waals surface area contributed by atoms with Crippen LogP contribution in [0.15, 0.2) is 12.1 Å². The van der Waals surface area contributed by atoms with Gasteiger partial charge in [-0.2, -0.15) is 22.0 Å². The molecule has 0 aliphatic heterocycles. The minimum atomic E-state index is -5.16. The van der Waals surface area contributed by atoms with Gasteiger partial charge in [0.15, 0.2) is 0 Å². The Morgan fingerprint density at radius 2 is 1.89 bits per heavy atom. The molecule has 1 rings (SSSR count). The van der Waals surface area contributed by atoms with E-state index in [1.54, 1.807) is 0 Å². The molecule has 0 saturated heterocycles. The van der Waals surface area contributed by atoms with E-state index in [0.29, 0.717) is 12.1 Å². The molecule has 0 aliphatic rings. The normalized spacial score (nSPS) is 11.7. The molecule has 0 N–H and O–H groups in total. The van der Waals surface area contributed by atoms with Crippen LogP contribution in [0.3, 0.4) is 0 Å². The van der Waals surface area contributed by atoms with Crippen LogP contribution in [0.25, 0.3) is 0 Å². The van der Waals surface area contributed by atoms with Gasteiger partial charge in [-0.3, -0.25) is 10.1 Å². The molecule has 4 nitrogen and oxygen atoms in total. The lowest BCUT2D eigenvalue weighted by Crippen LogP contribution is -2.13. The Balaban J connectivity index is 3.55. The van der Waals surface area contributed by atoms with Crippen LogP contribution in [-0.2, 0) is 6.18 Å². The highest BCUT2D eigenvalue weighted by Crippen LogP contribution is 2.45. The van der Waals surface area contributed by atoms with Gasteiger partial charge in [0.2, 0.25) is 5.75 Å². The lowest BCUT2D eigenvalue weighted by atomic mass is 10.1. The van der Waals surface area contributed by atoms with Crippen molar-refractivity contribution in [2.75, 3.05) is 0 Å². The van der Waals surface area contributed by atoms with Crippen molar-refractivity contribution in [1.29, 1.82) is 0 Å². The van der Waals surface area contributed by atoms with Crippen LogP contribution in [0.4, 0.5) is 27.6 Å². The predicted octanol–water partition coefficient (Wildman–Crippen LogP) is 3.87. The highest BCUT2D eigenvalue weighted by atomic mass is 35.5. The number of hydrogen-bond donors (Lipinski definition) is 0. The molecule has 0 unspecified atom stereocenters. The van der Waals surface area contributed by atoms with Gasteiger partial charge in [0.05, 0.1) is 9.95 Å². The number of alkyl halides is 5. The molecule has 0 radical (unpaired) electrons. The van der Waals surface area contributed by atoms with Crippen molar-refractivity contribution in [2.45, 2.75) is 12.8 Å². The Morgan fingerprint density at radius 1 is 1.33 bits per heavy atom. The number of hydrogen-bond acceptors (Lipinski definition) is 3. The second kappa shape index (κ2) is 4.92. The number of ether oxygens (including phenoxy) is 1. The zero-order valence-electron chi connectivity index (χ0n) is 8.17. The van der Waals surface area contributed by atoms with Crippen LogP contribution < -0.4 is 4.74 Å². The topological polar surface area (TPSA) is 52.4 Å². The maximum Gasteiger partial charge on any atom is 0.421 e. The van der Waals surface area contributed by atoms with Crippen LogP contribution >= 0.6 is 11.6 Å². The third-order valence-electron chi connectivity index (χ3n) is 1.77. The van der Waals surface area contributed by atoms with E-state index in [4.69, 9.17) is 11.6 Å². The fourth-order valence-electron chi connectivity index (χ4n) is 1.16. The molecule has 1 aromatic carbocycles. The largest absolute Gasteiger partial charge is 0.427 e. The molecule has 0 spiro atoms. The molecule has 0 amide bonds. The quantitative estimate of drug-likeness (QED) is 0.482. The summed E-state index contributed by atoms with van der Waals surface area (Å²) in [4.78, 5) is 9.19. The summed E-state index contributed by atoms with van der Waals surface area (Å²) in [6, 6.07) is 1.14.